The molecule has 0 radical (unpaired) electrons. The van der Waals surface area contributed by atoms with E-state index in [1.165, 1.54) is 17.0 Å². The molecule has 1 aromatic carbocycles. The van der Waals surface area contributed by atoms with Crippen LogP contribution in [0.1, 0.15) is 30.8 Å². The zero-order valence-electron chi connectivity index (χ0n) is 13.6. The van der Waals surface area contributed by atoms with Crippen LogP contribution in [-0.2, 0) is 6.54 Å². The topological polar surface area (TPSA) is 88.6 Å². The fourth-order valence-electron chi connectivity index (χ4n) is 2.65. The number of nitro groups is 1. The molecule has 126 valence electrons. The molecule has 1 heterocycles. The minimum absolute atomic E-state index is 0.137. The summed E-state index contributed by atoms with van der Waals surface area (Å²) in [6.45, 7) is 2.48. The Kier molecular flexibility index (Phi) is 4.24. The number of anilines is 1. The van der Waals surface area contributed by atoms with Gasteiger partial charge in [0.25, 0.3) is 5.69 Å². The number of rotatable bonds is 5. The largest absolute Gasteiger partial charge is 0.464 e. The van der Waals surface area contributed by atoms with Crippen LogP contribution in [0.2, 0.25) is 0 Å². The summed E-state index contributed by atoms with van der Waals surface area (Å²) in [5.41, 5.74) is 0.0357. The highest BCUT2D eigenvalue weighted by Gasteiger charge is 2.36. The first-order chi connectivity index (χ1) is 11.5. The molecular weight excluding hydrogens is 310 g/mol. The van der Waals surface area contributed by atoms with Crippen molar-refractivity contribution >= 4 is 17.4 Å². The fraction of sp³-hybridized carbons (Fsp3) is 0.353. The summed E-state index contributed by atoms with van der Waals surface area (Å²) in [4.78, 5) is 24.1. The highest BCUT2D eigenvalue weighted by molar-refractivity contribution is 5.91. The summed E-state index contributed by atoms with van der Waals surface area (Å²) in [6, 6.07) is 9.45. The maximum absolute atomic E-state index is 12.2. The summed E-state index contributed by atoms with van der Waals surface area (Å²) < 4.78 is 5.78. The lowest BCUT2D eigenvalue weighted by atomic mass is 10.2. The highest BCUT2D eigenvalue weighted by Crippen LogP contribution is 2.47. The first-order valence-corrected chi connectivity index (χ1v) is 7.80. The second kappa shape index (κ2) is 6.35. The van der Waals surface area contributed by atoms with Gasteiger partial charge in [-0.2, -0.15) is 0 Å². The van der Waals surface area contributed by atoms with Gasteiger partial charge < -0.3 is 14.6 Å². The number of hydrogen-bond donors (Lipinski definition) is 1. The molecule has 0 bridgehead atoms. The molecule has 0 saturated heterocycles. The van der Waals surface area contributed by atoms with E-state index in [-0.39, 0.29) is 11.4 Å². The third kappa shape index (κ3) is 3.40. The van der Waals surface area contributed by atoms with Crippen molar-refractivity contribution in [2.45, 2.75) is 25.8 Å². The van der Waals surface area contributed by atoms with Gasteiger partial charge in [-0.3, -0.25) is 10.1 Å². The number of carbonyl (C=O) groups is 1. The van der Waals surface area contributed by atoms with Crippen LogP contribution in [0.15, 0.2) is 40.8 Å². The summed E-state index contributed by atoms with van der Waals surface area (Å²) >= 11 is 0. The first kappa shape index (κ1) is 16.0. The number of carbonyl (C=O) groups excluding carboxylic acids is 1. The van der Waals surface area contributed by atoms with Crippen LogP contribution in [0, 0.1) is 16.0 Å². The molecule has 7 nitrogen and oxygen atoms in total. The van der Waals surface area contributed by atoms with Gasteiger partial charge in [-0.05, 0) is 30.5 Å². The van der Waals surface area contributed by atoms with Crippen molar-refractivity contribution < 1.29 is 14.1 Å². The van der Waals surface area contributed by atoms with Crippen LogP contribution < -0.4 is 5.32 Å². The molecular formula is C17H19N3O4. The van der Waals surface area contributed by atoms with E-state index in [1.54, 1.807) is 19.2 Å². The van der Waals surface area contributed by atoms with E-state index < -0.39 is 11.0 Å². The van der Waals surface area contributed by atoms with Crippen molar-refractivity contribution in [2.75, 3.05) is 12.4 Å². The van der Waals surface area contributed by atoms with E-state index in [0.29, 0.717) is 24.1 Å². The van der Waals surface area contributed by atoms with Gasteiger partial charge in [-0.1, -0.05) is 19.1 Å². The minimum atomic E-state index is -0.523. The Labute approximate surface area is 139 Å². The first-order valence-electron chi connectivity index (χ1n) is 7.80. The lowest BCUT2D eigenvalue weighted by Gasteiger charge is -2.16. The molecule has 1 fully saturated rings. The molecule has 2 atom stereocenters. The standard InChI is InChI=1S/C17H19N3O4/c1-11-9-13(11)16-8-7-12(24-16)10-19(2)17(21)18-14-5-3-4-6-15(14)20(22)23/h3-8,11,13H,9-10H2,1-2H3,(H,18,21)/t11-,13-/m0/s1. The molecule has 0 spiro atoms. The Hall–Kier alpha value is -2.83. The molecule has 7 heteroatoms. The number of hydrogen-bond acceptors (Lipinski definition) is 4. The van der Waals surface area contributed by atoms with Gasteiger partial charge in [0.1, 0.15) is 17.2 Å². The number of nitrogens with one attached hydrogen (secondary N) is 1. The van der Waals surface area contributed by atoms with Crippen LogP contribution in [0.4, 0.5) is 16.2 Å². The summed E-state index contributed by atoms with van der Waals surface area (Å²) in [5.74, 6) is 2.81. The second-order valence-electron chi connectivity index (χ2n) is 6.18. The smallest absolute Gasteiger partial charge is 0.322 e. The zero-order chi connectivity index (χ0) is 17.3. The van der Waals surface area contributed by atoms with E-state index in [4.69, 9.17) is 4.42 Å². The van der Waals surface area contributed by atoms with E-state index in [1.807, 2.05) is 12.1 Å². The van der Waals surface area contributed by atoms with Gasteiger partial charge in [0, 0.05) is 19.0 Å². The molecule has 3 rings (SSSR count). The van der Waals surface area contributed by atoms with Crippen LogP contribution in [0.3, 0.4) is 0 Å². The number of furan rings is 1. The van der Waals surface area contributed by atoms with Gasteiger partial charge in [0.2, 0.25) is 0 Å². The van der Waals surface area contributed by atoms with Crippen LogP contribution in [0.5, 0.6) is 0 Å². The van der Waals surface area contributed by atoms with Crippen LogP contribution in [-0.4, -0.2) is 22.9 Å². The molecule has 0 aliphatic heterocycles. The van der Waals surface area contributed by atoms with E-state index in [0.717, 1.165) is 12.2 Å². The third-order valence-corrected chi connectivity index (χ3v) is 4.24. The molecule has 24 heavy (non-hydrogen) atoms. The molecule has 1 aliphatic carbocycles. The molecule has 0 unspecified atom stereocenters. The highest BCUT2D eigenvalue weighted by atomic mass is 16.6. The summed E-state index contributed by atoms with van der Waals surface area (Å²) in [7, 11) is 1.62. The number of urea groups is 1. The average molecular weight is 329 g/mol. The van der Waals surface area contributed by atoms with Crippen molar-refractivity contribution in [1.29, 1.82) is 0 Å². The summed E-state index contributed by atoms with van der Waals surface area (Å²) in [6.07, 6.45) is 1.14. The Morgan fingerprint density at radius 3 is 2.75 bits per heavy atom. The van der Waals surface area contributed by atoms with Crippen molar-refractivity contribution in [1.82, 2.24) is 4.90 Å². The number of nitro benzene ring substituents is 1. The Morgan fingerprint density at radius 1 is 1.38 bits per heavy atom. The molecule has 2 aromatic rings. The number of nitrogens with zero attached hydrogens (tertiary/aromatic N) is 2. The van der Waals surface area contributed by atoms with Gasteiger partial charge in [0.15, 0.2) is 0 Å². The number of amides is 2. The Morgan fingerprint density at radius 2 is 2.08 bits per heavy atom. The molecule has 1 aromatic heterocycles. The maximum atomic E-state index is 12.2. The normalized spacial score (nSPS) is 18.9. The predicted octanol–water partition coefficient (Wildman–Crippen LogP) is 3.98. The molecule has 1 saturated carbocycles. The minimum Gasteiger partial charge on any atom is -0.464 e. The van der Waals surface area contributed by atoms with Crippen molar-refractivity contribution in [2.24, 2.45) is 5.92 Å². The Balaban J connectivity index is 1.63. The summed E-state index contributed by atoms with van der Waals surface area (Å²) in [5, 5.41) is 13.6. The second-order valence-corrected chi connectivity index (χ2v) is 6.18. The van der Waals surface area contributed by atoms with Gasteiger partial charge >= 0.3 is 6.03 Å². The van der Waals surface area contributed by atoms with E-state index in [2.05, 4.69) is 12.2 Å². The number of benzene rings is 1. The van der Waals surface area contributed by atoms with Crippen molar-refractivity contribution in [3.05, 3.63) is 58.0 Å². The average Bonchev–Trinajstić information content (AvgIpc) is 3.09. The fourth-order valence-corrected chi connectivity index (χ4v) is 2.65. The van der Waals surface area contributed by atoms with Crippen molar-refractivity contribution in [3.63, 3.8) is 0 Å². The predicted molar refractivity (Wildman–Crippen MR) is 88.8 cm³/mol. The Bertz CT molecular complexity index is 771. The lowest BCUT2D eigenvalue weighted by Crippen LogP contribution is -2.30. The molecule has 2 amide bonds. The molecule has 1 aliphatic rings. The lowest BCUT2D eigenvalue weighted by molar-refractivity contribution is -0.383. The van der Waals surface area contributed by atoms with E-state index in [9.17, 15) is 14.9 Å². The molecule has 1 N–H and O–H groups in total. The monoisotopic (exact) mass is 329 g/mol. The number of para-hydroxylation sites is 2. The maximum Gasteiger partial charge on any atom is 0.322 e. The van der Waals surface area contributed by atoms with Gasteiger partial charge in [-0.15, -0.1) is 0 Å². The SMILES string of the molecule is C[C@H]1C[C@@H]1c1ccc(CN(C)C(=O)Nc2ccccc2[N+](=O)[O-])o1. The van der Waals surface area contributed by atoms with Crippen molar-refractivity contribution in [3.8, 4) is 0 Å². The van der Waals surface area contributed by atoms with Crippen LogP contribution >= 0.6 is 0 Å². The van der Waals surface area contributed by atoms with Gasteiger partial charge in [0.05, 0.1) is 11.5 Å². The van der Waals surface area contributed by atoms with Crippen LogP contribution in [0.25, 0.3) is 0 Å². The van der Waals surface area contributed by atoms with E-state index >= 15 is 0 Å². The zero-order valence-corrected chi connectivity index (χ0v) is 13.6. The quantitative estimate of drug-likeness (QED) is 0.664. The van der Waals surface area contributed by atoms with Gasteiger partial charge in [-0.25, -0.2) is 4.79 Å². The third-order valence-electron chi connectivity index (χ3n) is 4.24.